The largest absolute Gasteiger partial charge is 0.486 e. The van der Waals surface area contributed by atoms with Crippen LogP contribution in [0.2, 0.25) is 0 Å². The fourth-order valence-electron chi connectivity index (χ4n) is 1.47. The molecule has 0 saturated heterocycles. The summed E-state index contributed by atoms with van der Waals surface area (Å²) in [5, 5.41) is 8.99. The highest BCUT2D eigenvalue weighted by atomic mass is 79.9. The first kappa shape index (κ1) is 11.7. The average Bonchev–Trinajstić information content (AvgIpc) is 2.38. The molecular weight excluding hydrogens is 278 g/mol. The van der Waals surface area contributed by atoms with E-state index in [4.69, 9.17) is 10.00 Å². The van der Waals surface area contributed by atoms with E-state index in [0.29, 0.717) is 17.9 Å². The number of para-hydroxylation sites is 1. The van der Waals surface area contributed by atoms with E-state index < -0.39 is 0 Å². The third-order valence-corrected chi connectivity index (χ3v) is 2.94. The van der Waals surface area contributed by atoms with Crippen LogP contribution in [0.5, 0.6) is 5.75 Å². The molecule has 0 N–H and O–H groups in total. The van der Waals surface area contributed by atoms with E-state index in [1.165, 1.54) is 0 Å². The van der Waals surface area contributed by atoms with Gasteiger partial charge in [0.2, 0.25) is 0 Å². The highest BCUT2D eigenvalue weighted by Crippen LogP contribution is 2.29. The fourth-order valence-corrected chi connectivity index (χ4v) is 1.95. The van der Waals surface area contributed by atoms with E-state index in [0.717, 1.165) is 10.0 Å². The Labute approximate surface area is 109 Å². The van der Waals surface area contributed by atoms with Gasteiger partial charge in [-0.1, -0.05) is 36.4 Å². The monoisotopic (exact) mass is 287 g/mol. The zero-order chi connectivity index (χ0) is 12.1. The minimum atomic E-state index is 0.456. The molecule has 0 aromatic heterocycles. The summed E-state index contributed by atoms with van der Waals surface area (Å²) in [4.78, 5) is 0. The number of ether oxygens (including phenoxy) is 1. The topological polar surface area (TPSA) is 33.0 Å². The zero-order valence-corrected chi connectivity index (χ0v) is 10.6. The number of rotatable bonds is 3. The van der Waals surface area contributed by atoms with Gasteiger partial charge in [-0.2, -0.15) is 5.26 Å². The number of nitriles is 1. The van der Waals surface area contributed by atoms with Crippen molar-refractivity contribution in [3.63, 3.8) is 0 Å². The first-order valence-corrected chi connectivity index (χ1v) is 5.96. The van der Waals surface area contributed by atoms with Crippen LogP contribution in [0.4, 0.5) is 0 Å². The van der Waals surface area contributed by atoms with E-state index >= 15 is 0 Å². The molecule has 0 aliphatic rings. The molecule has 0 saturated carbocycles. The molecule has 0 spiro atoms. The normalized spacial score (nSPS) is 9.65. The number of benzene rings is 2. The highest BCUT2D eigenvalue weighted by molar-refractivity contribution is 9.10. The number of hydrogen-bond acceptors (Lipinski definition) is 2. The summed E-state index contributed by atoms with van der Waals surface area (Å²) < 4.78 is 6.47. The van der Waals surface area contributed by atoms with Gasteiger partial charge < -0.3 is 4.74 Å². The maximum absolute atomic E-state index is 8.99. The van der Waals surface area contributed by atoms with Crippen LogP contribution in [0, 0.1) is 11.3 Å². The van der Waals surface area contributed by atoms with Crippen molar-refractivity contribution in [1.29, 1.82) is 5.26 Å². The predicted molar refractivity (Wildman–Crippen MR) is 69.6 cm³/mol. The lowest BCUT2D eigenvalue weighted by Crippen LogP contribution is -1.97. The van der Waals surface area contributed by atoms with Crippen LogP contribution in [0.25, 0.3) is 0 Å². The Hall–Kier alpha value is -1.79. The molecule has 0 heterocycles. The standard InChI is InChI=1S/C14H10BrNO/c15-13-8-4-7-12(9-16)14(13)17-10-11-5-2-1-3-6-11/h1-8H,10H2. The van der Waals surface area contributed by atoms with Gasteiger partial charge >= 0.3 is 0 Å². The number of halogens is 1. The van der Waals surface area contributed by atoms with Crippen molar-refractivity contribution in [1.82, 2.24) is 0 Å². The van der Waals surface area contributed by atoms with Gasteiger partial charge in [-0.25, -0.2) is 0 Å². The summed E-state index contributed by atoms with van der Waals surface area (Å²) in [6.07, 6.45) is 0. The van der Waals surface area contributed by atoms with Crippen molar-refractivity contribution >= 4 is 15.9 Å². The van der Waals surface area contributed by atoms with E-state index in [2.05, 4.69) is 22.0 Å². The Morgan fingerprint density at radius 1 is 1.06 bits per heavy atom. The Balaban J connectivity index is 2.17. The summed E-state index contributed by atoms with van der Waals surface area (Å²) in [5.41, 5.74) is 1.61. The lowest BCUT2D eigenvalue weighted by Gasteiger charge is -2.09. The van der Waals surface area contributed by atoms with Crippen LogP contribution in [-0.2, 0) is 6.61 Å². The van der Waals surface area contributed by atoms with Crippen molar-refractivity contribution in [2.75, 3.05) is 0 Å². The molecule has 2 aromatic carbocycles. The van der Waals surface area contributed by atoms with Crippen molar-refractivity contribution in [3.05, 3.63) is 64.1 Å². The fraction of sp³-hybridized carbons (Fsp3) is 0.0714. The lowest BCUT2D eigenvalue weighted by atomic mass is 10.2. The van der Waals surface area contributed by atoms with Gasteiger partial charge in [-0.15, -0.1) is 0 Å². The average molecular weight is 288 g/mol. The molecular formula is C14H10BrNO. The maximum Gasteiger partial charge on any atom is 0.151 e. The van der Waals surface area contributed by atoms with Gasteiger partial charge in [0.1, 0.15) is 12.7 Å². The molecule has 0 radical (unpaired) electrons. The molecule has 0 unspecified atom stereocenters. The Bertz CT molecular complexity index is 546. The third-order valence-electron chi connectivity index (χ3n) is 2.31. The van der Waals surface area contributed by atoms with Gasteiger partial charge in [-0.05, 0) is 33.6 Å². The van der Waals surface area contributed by atoms with Gasteiger partial charge in [-0.3, -0.25) is 0 Å². The second kappa shape index (κ2) is 5.51. The minimum Gasteiger partial charge on any atom is -0.486 e. The molecule has 0 fully saturated rings. The quantitative estimate of drug-likeness (QED) is 0.858. The predicted octanol–water partition coefficient (Wildman–Crippen LogP) is 3.90. The minimum absolute atomic E-state index is 0.456. The second-order valence-electron chi connectivity index (χ2n) is 3.50. The van der Waals surface area contributed by atoms with Crippen LogP contribution >= 0.6 is 15.9 Å². The zero-order valence-electron chi connectivity index (χ0n) is 9.06. The van der Waals surface area contributed by atoms with E-state index in [-0.39, 0.29) is 0 Å². The van der Waals surface area contributed by atoms with Crippen LogP contribution in [0.3, 0.4) is 0 Å². The van der Waals surface area contributed by atoms with Crippen LogP contribution in [0.1, 0.15) is 11.1 Å². The van der Waals surface area contributed by atoms with Crippen molar-refractivity contribution in [2.45, 2.75) is 6.61 Å². The van der Waals surface area contributed by atoms with Gasteiger partial charge in [0, 0.05) is 0 Å². The summed E-state index contributed by atoms with van der Waals surface area (Å²) in [7, 11) is 0. The van der Waals surface area contributed by atoms with E-state index in [1.807, 2.05) is 42.5 Å². The molecule has 2 nitrogen and oxygen atoms in total. The SMILES string of the molecule is N#Cc1cccc(Br)c1OCc1ccccc1. The highest BCUT2D eigenvalue weighted by Gasteiger charge is 2.07. The Morgan fingerprint density at radius 3 is 2.53 bits per heavy atom. The second-order valence-corrected chi connectivity index (χ2v) is 4.36. The van der Waals surface area contributed by atoms with Crippen LogP contribution in [-0.4, -0.2) is 0 Å². The summed E-state index contributed by atoms with van der Waals surface area (Å²) in [6, 6.07) is 17.4. The van der Waals surface area contributed by atoms with Gasteiger partial charge in [0.25, 0.3) is 0 Å². The molecule has 2 rings (SSSR count). The molecule has 17 heavy (non-hydrogen) atoms. The van der Waals surface area contributed by atoms with Crippen LogP contribution < -0.4 is 4.74 Å². The van der Waals surface area contributed by atoms with Gasteiger partial charge in [0.05, 0.1) is 10.0 Å². The molecule has 0 atom stereocenters. The summed E-state index contributed by atoms with van der Waals surface area (Å²) in [6.45, 7) is 0.456. The first-order chi connectivity index (χ1) is 8.31. The summed E-state index contributed by atoms with van der Waals surface area (Å²) in [5.74, 6) is 0.596. The Morgan fingerprint density at radius 2 is 1.82 bits per heavy atom. The smallest absolute Gasteiger partial charge is 0.151 e. The van der Waals surface area contributed by atoms with E-state index in [9.17, 15) is 0 Å². The van der Waals surface area contributed by atoms with E-state index in [1.54, 1.807) is 6.07 Å². The van der Waals surface area contributed by atoms with Crippen molar-refractivity contribution in [3.8, 4) is 11.8 Å². The molecule has 2 aromatic rings. The third kappa shape index (κ3) is 2.86. The Kier molecular flexibility index (Phi) is 3.79. The molecule has 0 aliphatic carbocycles. The first-order valence-electron chi connectivity index (χ1n) is 5.16. The van der Waals surface area contributed by atoms with Crippen LogP contribution in [0.15, 0.2) is 53.0 Å². The van der Waals surface area contributed by atoms with Crippen molar-refractivity contribution < 1.29 is 4.74 Å². The summed E-state index contributed by atoms with van der Waals surface area (Å²) >= 11 is 3.39. The lowest BCUT2D eigenvalue weighted by molar-refractivity contribution is 0.303. The molecule has 0 bridgehead atoms. The number of hydrogen-bond donors (Lipinski definition) is 0. The molecule has 0 amide bonds. The van der Waals surface area contributed by atoms with Gasteiger partial charge in [0.15, 0.2) is 5.75 Å². The molecule has 84 valence electrons. The van der Waals surface area contributed by atoms with Crippen molar-refractivity contribution in [2.24, 2.45) is 0 Å². The molecule has 0 aliphatic heterocycles. The maximum atomic E-state index is 8.99. The number of nitrogens with zero attached hydrogens (tertiary/aromatic N) is 1. The molecule has 3 heteroatoms.